The number of likely N-dealkylation sites (N-methyl/N-ethyl adjacent to an activating group) is 1. The average Bonchev–Trinajstić information content (AvgIpc) is 2.97. The molecule has 0 spiro atoms. The zero-order valence-electron chi connectivity index (χ0n) is 10.1. The number of nitrogens with one attached hydrogen (secondary N) is 1. The van der Waals surface area contributed by atoms with E-state index in [1.165, 1.54) is 12.8 Å². The Morgan fingerprint density at radius 1 is 1.53 bits per heavy atom. The Labute approximate surface area is 101 Å². The molecular weight excluding hydrogens is 216 g/mol. The Balaban J connectivity index is 1.70. The van der Waals surface area contributed by atoms with Gasteiger partial charge in [0.25, 0.3) is 0 Å². The highest BCUT2D eigenvalue weighted by Gasteiger charge is 2.19. The van der Waals surface area contributed by atoms with Crippen molar-refractivity contribution in [3.63, 3.8) is 0 Å². The predicted molar refractivity (Wildman–Crippen MR) is 64.8 cm³/mol. The van der Waals surface area contributed by atoms with Crippen molar-refractivity contribution in [2.45, 2.75) is 32.1 Å². The number of aromatic nitrogens is 2. The molecule has 0 saturated carbocycles. The molecule has 3 rings (SSSR count). The van der Waals surface area contributed by atoms with Gasteiger partial charge >= 0.3 is 0 Å². The molecule has 0 radical (unpaired) electrons. The molecule has 2 aliphatic heterocycles. The Hall–Kier alpha value is -1.20. The Bertz CT molecular complexity index is 403. The minimum absolute atomic E-state index is 0.577. The molecule has 1 saturated heterocycles. The van der Waals surface area contributed by atoms with Crippen LogP contribution in [0.15, 0.2) is 6.20 Å². The van der Waals surface area contributed by atoms with Crippen LogP contribution in [0.25, 0.3) is 0 Å². The lowest BCUT2D eigenvalue weighted by Crippen LogP contribution is -2.36. The molecular formula is C12H18N4O. The summed E-state index contributed by atoms with van der Waals surface area (Å²) in [5.74, 6) is 0.808. The van der Waals surface area contributed by atoms with Gasteiger partial charge in [-0.3, -0.25) is 0 Å². The van der Waals surface area contributed by atoms with Gasteiger partial charge in [0.1, 0.15) is 0 Å². The highest BCUT2D eigenvalue weighted by molar-refractivity contribution is 5.33. The molecule has 5 heteroatoms. The number of fused-ring (bicyclic) bond motifs is 1. The first kappa shape index (κ1) is 10.9. The quantitative estimate of drug-likeness (QED) is 0.834. The second kappa shape index (κ2) is 4.58. The molecule has 5 nitrogen and oxygen atoms in total. The van der Waals surface area contributed by atoms with Crippen LogP contribution in [0.5, 0.6) is 0 Å². The molecule has 1 unspecified atom stereocenters. The topological polar surface area (TPSA) is 50.3 Å². The lowest BCUT2D eigenvalue weighted by molar-refractivity contribution is 0.133. The Morgan fingerprint density at radius 2 is 2.47 bits per heavy atom. The van der Waals surface area contributed by atoms with Crippen LogP contribution in [0.2, 0.25) is 0 Å². The number of hydrogen-bond donors (Lipinski definition) is 1. The first-order valence-corrected chi connectivity index (χ1v) is 6.20. The van der Waals surface area contributed by atoms with Gasteiger partial charge in [-0.1, -0.05) is 0 Å². The number of rotatable bonds is 3. The van der Waals surface area contributed by atoms with E-state index >= 15 is 0 Å². The van der Waals surface area contributed by atoms with E-state index in [2.05, 4.69) is 27.2 Å². The minimum atomic E-state index is 0.577. The van der Waals surface area contributed by atoms with Gasteiger partial charge in [0.05, 0.1) is 18.9 Å². The van der Waals surface area contributed by atoms with Crippen molar-refractivity contribution in [2.75, 3.05) is 25.0 Å². The monoisotopic (exact) mass is 234 g/mol. The van der Waals surface area contributed by atoms with Crippen LogP contribution in [0.1, 0.15) is 24.1 Å². The smallest absolute Gasteiger partial charge is 0.225 e. The van der Waals surface area contributed by atoms with E-state index in [1.807, 2.05) is 6.20 Å². The van der Waals surface area contributed by atoms with Crippen LogP contribution in [-0.2, 0) is 18.0 Å². The van der Waals surface area contributed by atoms with Gasteiger partial charge in [-0.2, -0.15) is 0 Å². The summed E-state index contributed by atoms with van der Waals surface area (Å²) in [5, 5.41) is 3.49. The molecule has 0 amide bonds. The number of nitrogens with zero attached hydrogens (tertiary/aromatic N) is 3. The maximum absolute atomic E-state index is 5.35. The van der Waals surface area contributed by atoms with Gasteiger partial charge in [-0.15, -0.1) is 0 Å². The molecule has 2 aliphatic rings. The molecule has 1 atom stereocenters. The van der Waals surface area contributed by atoms with Gasteiger partial charge in [0.2, 0.25) is 5.95 Å². The van der Waals surface area contributed by atoms with Crippen LogP contribution in [0.3, 0.4) is 0 Å². The maximum atomic E-state index is 5.35. The van der Waals surface area contributed by atoms with E-state index in [-0.39, 0.29) is 0 Å². The van der Waals surface area contributed by atoms with Crippen molar-refractivity contribution in [1.82, 2.24) is 15.3 Å². The predicted octanol–water partition coefficient (Wildman–Crippen LogP) is 0.695. The zero-order valence-corrected chi connectivity index (χ0v) is 10.1. The summed E-state index contributed by atoms with van der Waals surface area (Å²) in [6.07, 6.45) is 4.42. The van der Waals surface area contributed by atoms with Crippen LogP contribution >= 0.6 is 0 Å². The van der Waals surface area contributed by atoms with E-state index in [4.69, 9.17) is 4.74 Å². The molecule has 1 N–H and O–H groups in total. The van der Waals surface area contributed by atoms with Crippen LogP contribution in [0, 0.1) is 0 Å². The van der Waals surface area contributed by atoms with Crippen LogP contribution in [-0.4, -0.2) is 36.1 Å². The molecule has 0 aromatic carbocycles. The number of ether oxygens (including phenoxy) is 1. The lowest BCUT2D eigenvalue weighted by atomic mass is 10.2. The van der Waals surface area contributed by atoms with Gasteiger partial charge in [-0.25, -0.2) is 9.97 Å². The zero-order chi connectivity index (χ0) is 11.7. The summed E-state index contributed by atoms with van der Waals surface area (Å²) >= 11 is 0. The summed E-state index contributed by atoms with van der Waals surface area (Å²) in [7, 11) is 2.05. The lowest BCUT2D eigenvalue weighted by Gasteiger charge is -2.21. The van der Waals surface area contributed by atoms with Crippen LogP contribution < -0.4 is 10.2 Å². The molecule has 1 aromatic heterocycles. The van der Waals surface area contributed by atoms with E-state index < -0.39 is 0 Å². The summed E-state index contributed by atoms with van der Waals surface area (Å²) in [5.41, 5.74) is 2.17. The molecule has 0 bridgehead atoms. The normalized spacial score (nSPS) is 22.8. The first-order valence-electron chi connectivity index (χ1n) is 6.20. The van der Waals surface area contributed by atoms with Crippen LogP contribution in [0.4, 0.5) is 5.95 Å². The number of anilines is 1. The Morgan fingerprint density at radius 3 is 3.29 bits per heavy atom. The molecule has 92 valence electrons. The van der Waals surface area contributed by atoms with Crippen molar-refractivity contribution < 1.29 is 4.74 Å². The minimum Gasteiger partial charge on any atom is -0.370 e. The van der Waals surface area contributed by atoms with Crippen molar-refractivity contribution in [3.8, 4) is 0 Å². The maximum Gasteiger partial charge on any atom is 0.225 e. The van der Waals surface area contributed by atoms with Gasteiger partial charge in [0, 0.05) is 31.4 Å². The SMILES string of the molecule is CN(CC1CCCN1)c1ncc2c(n1)COC2. The van der Waals surface area contributed by atoms with Crippen molar-refractivity contribution >= 4 is 5.95 Å². The molecule has 0 aliphatic carbocycles. The summed E-state index contributed by atoms with van der Waals surface area (Å²) < 4.78 is 5.35. The highest BCUT2D eigenvalue weighted by atomic mass is 16.5. The van der Waals surface area contributed by atoms with Crippen molar-refractivity contribution in [1.29, 1.82) is 0 Å². The summed E-state index contributed by atoms with van der Waals surface area (Å²) in [6.45, 7) is 3.39. The number of hydrogen-bond acceptors (Lipinski definition) is 5. The largest absolute Gasteiger partial charge is 0.370 e. The molecule has 1 fully saturated rings. The third kappa shape index (κ3) is 2.25. The highest BCUT2D eigenvalue weighted by Crippen LogP contribution is 2.19. The standard InChI is InChI=1S/C12H18N4O/c1-16(6-10-3-2-4-13-10)12-14-5-9-7-17-8-11(9)15-12/h5,10,13H,2-4,6-8H2,1H3. The third-order valence-electron chi connectivity index (χ3n) is 3.44. The fraction of sp³-hybridized carbons (Fsp3) is 0.667. The summed E-state index contributed by atoms with van der Waals surface area (Å²) in [4.78, 5) is 11.1. The van der Waals surface area contributed by atoms with E-state index in [0.29, 0.717) is 19.3 Å². The second-order valence-electron chi connectivity index (χ2n) is 4.81. The molecule has 1 aromatic rings. The van der Waals surface area contributed by atoms with Gasteiger partial charge in [-0.05, 0) is 19.4 Å². The fourth-order valence-electron chi connectivity index (χ4n) is 2.44. The van der Waals surface area contributed by atoms with E-state index in [1.54, 1.807) is 0 Å². The Kier molecular flexibility index (Phi) is 2.94. The fourth-order valence-corrected chi connectivity index (χ4v) is 2.44. The van der Waals surface area contributed by atoms with Crippen molar-refractivity contribution in [2.24, 2.45) is 0 Å². The van der Waals surface area contributed by atoms with Gasteiger partial charge in [0.15, 0.2) is 0 Å². The second-order valence-corrected chi connectivity index (χ2v) is 4.81. The first-order chi connectivity index (χ1) is 8.33. The van der Waals surface area contributed by atoms with E-state index in [0.717, 1.165) is 30.3 Å². The average molecular weight is 234 g/mol. The van der Waals surface area contributed by atoms with Gasteiger partial charge < -0.3 is 15.0 Å². The van der Waals surface area contributed by atoms with Crippen molar-refractivity contribution in [3.05, 3.63) is 17.5 Å². The molecule has 3 heterocycles. The summed E-state index contributed by atoms with van der Waals surface area (Å²) in [6, 6.07) is 0.577. The van der Waals surface area contributed by atoms with E-state index in [9.17, 15) is 0 Å². The third-order valence-corrected chi connectivity index (χ3v) is 3.44. The molecule has 17 heavy (non-hydrogen) atoms.